The molecular formula is C33H24N4O5. The third kappa shape index (κ3) is 3.43. The minimum absolute atomic E-state index is 0.150. The van der Waals surface area contributed by atoms with Gasteiger partial charge in [-0.25, -0.2) is 0 Å². The molecule has 4 heterocycles. The first-order valence-corrected chi connectivity index (χ1v) is 13.5. The van der Waals surface area contributed by atoms with Crippen LogP contribution in [0.15, 0.2) is 103 Å². The second-order valence-corrected chi connectivity index (χ2v) is 10.8. The van der Waals surface area contributed by atoms with Crippen LogP contribution in [0.4, 0.5) is 17.1 Å². The highest BCUT2D eigenvalue weighted by Gasteiger charge is 2.70. The fourth-order valence-electron chi connectivity index (χ4n) is 7.00. The van der Waals surface area contributed by atoms with Gasteiger partial charge in [0.05, 0.1) is 16.9 Å². The molecular weight excluding hydrogens is 532 g/mol. The normalized spacial score (nSPS) is 23.5. The molecule has 1 aromatic heterocycles. The summed E-state index contributed by atoms with van der Waals surface area (Å²) in [6.07, 6.45) is 5.01. The number of carbonyl (C=O) groups excluding carboxylic acids is 3. The SMILES string of the molecule is CC1=C[C@H]2N(c3ccccc31)[C@@H](C(=O)c1ccc([N+](=O)[O-])cc1)[C@@H](C(=O)c1ccncc1)[C@]21C(=O)Nc2ccccc21. The van der Waals surface area contributed by atoms with Crippen molar-refractivity contribution in [1.82, 2.24) is 4.98 Å². The lowest BCUT2D eigenvalue weighted by Gasteiger charge is -2.39. The van der Waals surface area contributed by atoms with Gasteiger partial charge < -0.3 is 10.2 Å². The van der Waals surface area contributed by atoms with Crippen molar-refractivity contribution in [3.63, 3.8) is 0 Å². The number of rotatable bonds is 5. The number of pyridine rings is 1. The lowest BCUT2D eigenvalue weighted by atomic mass is 9.64. The van der Waals surface area contributed by atoms with Crippen LogP contribution in [-0.2, 0) is 10.2 Å². The monoisotopic (exact) mass is 556 g/mol. The number of amides is 1. The van der Waals surface area contributed by atoms with Crippen molar-refractivity contribution in [2.45, 2.75) is 24.4 Å². The predicted molar refractivity (Wildman–Crippen MR) is 156 cm³/mol. The Labute approximate surface area is 240 Å². The van der Waals surface area contributed by atoms with Gasteiger partial charge in [0.2, 0.25) is 5.91 Å². The number of carbonyl (C=O) groups is 3. The number of nitro groups is 1. The van der Waals surface area contributed by atoms with Crippen LogP contribution in [0.3, 0.4) is 0 Å². The second-order valence-electron chi connectivity index (χ2n) is 10.8. The molecule has 42 heavy (non-hydrogen) atoms. The standard InChI is InChI=1S/C33H24N4O5/c1-19-18-27-33(24-7-3-4-8-25(24)35-32(33)40)28(30(38)21-14-16-34-17-15-21)29(36(27)26-9-5-2-6-23(19)26)31(39)20-10-12-22(13-11-20)37(41)42/h2-18,27-29H,1H3,(H,35,40)/t27-,28+,29-,33-/m1/s1. The van der Waals surface area contributed by atoms with Crippen LogP contribution < -0.4 is 10.2 Å². The van der Waals surface area contributed by atoms with E-state index < -0.39 is 34.1 Å². The van der Waals surface area contributed by atoms with Crippen molar-refractivity contribution < 1.29 is 19.3 Å². The average molecular weight is 557 g/mol. The molecule has 7 rings (SSSR count). The van der Waals surface area contributed by atoms with Crippen LogP contribution in [0, 0.1) is 16.0 Å². The highest BCUT2D eigenvalue weighted by atomic mass is 16.6. The molecule has 1 spiro atoms. The minimum atomic E-state index is -1.44. The van der Waals surface area contributed by atoms with E-state index in [0.717, 1.165) is 16.8 Å². The van der Waals surface area contributed by atoms with Gasteiger partial charge >= 0.3 is 0 Å². The number of nitrogens with one attached hydrogen (secondary N) is 1. The summed E-state index contributed by atoms with van der Waals surface area (Å²) in [5.41, 5.74) is 2.78. The molecule has 0 bridgehead atoms. The maximum atomic E-state index is 14.7. The van der Waals surface area contributed by atoms with E-state index in [0.29, 0.717) is 16.8 Å². The van der Waals surface area contributed by atoms with E-state index in [1.807, 2.05) is 60.4 Å². The number of benzene rings is 3. The average Bonchev–Trinajstić information content (AvgIpc) is 3.49. The van der Waals surface area contributed by atoms with Gasteiger partial charge in [0.15, 0.2) is 11.6 Å². The summed E-state index contributed by atoms with van der Waals surface area (Å²) in [5.74, 6) is -2.25. The first-order chi connectivity index (χ1) is 20.3. The van der Waals surface area contributed by atoms with Gasteiger partial charge in [-0.1, -0.05) is 42.5 Å². The summed E-state index contributed by atoms with van der Waals surface area (Å²) < 4.78 is 0. The van der Waals surface area contributed by atoms with Gasteiger partial charge in [-0.3, -0.25) is 29.5 Å². The summed E-state index contributed by atoms with van der Waals surface area (Å²) in [6, 6.07) is 21.7. The molecule has 3 aliphatic rings. The summed E-state index contributed by atoms with van der Waals surface area (Å²) in [4.78, 5) is 60.5. The molecule has 0 aliphatic carbocycles. The molecule has 206 valence electrons. The zero-order valence-corrected chi connectivity index (χ0v) is 22.4. The van der Waals surface area contributed by atoms with Crippen molar-refractivity contribution in [2.75, 3.05) is 10.2 Å². The van der Waals surface area contributed by atoms with E-state index in [1.165, 1.54) is 36.7 Å². The number of fused-ring (bicyclic) bond motifs is 6. The van der Waals surface area contributed by atoms with Crippen LogP contribution >= 0.6 is 0 Å². The molecule has 4 atom stereocenters. The molecule has 1 saturated heterocycles. The fourth-order valence-corrected chi connectivity index (χ4v) is 7.00. The number of anilines is 2. The highest BCUT2D eigenvalue weighted by molar-refractivity contribution is 6.18. The van der Waals surface area contributed by atoms with Gasteiger partial charge in [-0.15, -0.1) is 0 Å². The van der Waals surface area contributed by atoms with Crippen molar-refractivity contribution in [3.8, 4) is 0 Å². The van der Waals surface area contributed by atoms with E-state index in [-0.39, 0.29) is 22.9 Å². The quantitative estimate of drug-likeness (QED) is 0.203. The number of para-hydroxylation sites is 2. The molecule has 1 amide bonds. The number of ketones is 2. The van der Waals surface area contributed by atoms with Crippen LogP contribution in [0.5, 0.6) is 0 Å². The lowest BCUT2D eigenvalue weighted by Crippen LogP contribution is -2.51. The third-order valence-electron chi connectivity index (χ3n) is 8.76. The molecule has 0 radical (unpaired) electrons. The maximum absolute atomic E-state index is 14.7. The summed E-state index contributed by atoms with van der Waals surface area (Å²) in [7, 11) is 0. The van der Waals surface area contributed by atoms with Crippen molar-refractivity contribution in [1.29, 1.82) is 0 Å². The number of allylic oxidation sites excluding steroid dienone is 1. The Kier molecular flexibility index (Phi) is 5.65. The molecule has 9 nitrogen and oxygen atoms in total. The van der Waals surface area contributed by atoms with Gasteiger partial charge in [-0.2, -0.15) is 0 Å². The van der Waals surface area contributed by atoms with Gasteiger partial charge in [0.25, 0.3) is 5.69 Å². The number of Topliss-reactive ketones (excluding diaryl/α,β-unsaturated/α-hetero) is 2. The molecule has 1 N–H and O–H groups in total. The molecule has 3 aliphatic heterocycles. The summed E-state index contributed by atoms with van der Waals surface area (Å²) in [5, 5.41) is 14.3. The molecule has 1 fully saturated rings. The molecule has 0 saturated carbocycles. The van der Waals surface area contributed by atoms with E-state index in [9.17, 15) is 24.5 Å². The first-order valence-electron chi connectivity index (χ1n) is 13.5. The number of aromatic nitrogens is 1. The van der Waals surface area contributed by atoms with Crippen molar-refractivity contribution >= 4 is 40.1 Å². The van der Waals surface area contributed by atoms with Gasteiger partial charge in [-0.05, 0) is 54.5 Å². The van der Waals surface area contributed by atoms with Gasteiger partial charge in [0, 0.05) is 52.6 Å². The fraction of sp³-hybridized carbons (Fsp3) is 0.152. The number of hydrogen-bond donors (Lipinski definition) is 1. The van der Waals surface area contributed by atoms with E-state index in [4.69, 9.17) is 0 Å². The summed E-state index contributed by atoms with van der Waals surface area (Å²) in [6.45, 7) is 1.97. The Morgan fingerprint density at radius 1 is 0.905 bits per heavy atom. The predicted octanol–water partition coefficient (Wildman–Crippen LogP) is 5.24. The van der Waals surface area contributed by atoms with Crippen molar-refractivity contribution in [2.24, 2.45) is 5.92 Å². The largest absolute Gasteiger partial charge is 0.352 e. The molecule has 4 aromatic rings. The Balaban J connectivity index is 1.53. The Bertz CT molecular complexity index is 1830. The number of hydrogen-bond acceptors (Lipinski definition) is 7. The Morgan fingerprint density at radius 3 is 2.31 bits per heavy atom. The zero-order chi connectivity index (χ0) is 29.2. The van der Waals surface area contributed by atoms with E-state index in [1.54, 1.807) is 18.2 Å². The Morgan fingerprint density at radius 2 is 1.57 bits per heavy atom. The van der Waals surface area contributed by atoms with Crippen LogP contribution in [0.2, 0.25) is 0 Å². The molecule has 0 unspecified atom stereocenters. The van der Waals surface area contributed by atoms with Crippen LogP contribution in [-0.4, -0.2) is 39.5 Å². The van der Waals surface area contributed by atoms with E-state index in [2.05, 4.69) is 10.3 Å². The summed E-state index contributed by atoms with van der Waals surface area (Å²) >= 11 is 0. The smallest absolute Gasteiger partial charge is 0.269 e. The van der Waals surface area contributed by atoms with Gasteiger partial charge in [0.1, 0.15) is 11.5 Å². The van der Waals surface area contributed by atoms with Crippen LogP contribution in [0.1, 0.15) is 38.8 Å². The highest BCUT2D eigenvalue weighted by Crippen LogP contribution is 2.58. The zero-order valence-electron chi connectivity index (χ0n) is 22.4. The maximum Gasteiger partial charge on any atom is 0.269 e. The van der Waals surface area contributed by atoms with Crippen LogP contribution in [0.25, 0.3) is 5.57 Å². The first kappa shape index (κ1) is 25.5. The third-order valence-corrected chi connectivity index (χ3v) is 8.76. The Hall–Kier alpha value is -5.44. The minimum Gasteiger partial charge on any atom is -0.352 e. The van der Waals surface area contributed by atoms with Crippen molar-refractivity contribution in [3.05, 3.63) is 136 Å². The number of nitro benzene ring substituents is 1. The van der Waals surface area contributed by atoms with E-state index >= 15 is 0 Å². The molecule has 9 heteroatoms. The second kappa shape index (κ2) is 9.31. The number of nitrogens with zero attached hydrogens (tertiary/aromatic N) is 3. The lowest BCUT2D eigenvalue weighted by molar-refractivity contribution is -0.384. The molecule has 3 aromatic carbocycles. The number of non-ortho nitro benzene ring substituents is 1. The topological polar surface area (TPSA) is 123 Å².